The lowest BCUT2D eigenvalue weighted by atomic mass is 9.85. The van der Waals surface area contributed by atoms with Gasteiger partial charge in [0, 0.05) is 12.0 Å². The van der Waals surface area contributed by atoms with Gasteiger partial charge >= 0.3 is 12.3 Å². The van der Waals surface area contributed by atoms with Gasteiger partial charge in [-0.1, -0.05) is 40.0 Å². The van der Waals surface area contributed by atoms with Crippen LogP contribution in [0.4, 0.5) is 18.0 Å². The fourth-order valence-corrected chi connectivity index (χ4v) is 7.49. The van der Waals surface area contributed by atoms with Crippen molar-refractivity contribution in [1.29, 1.82) is 0 Å². The molecule has 2 aromatic rings. The standard InChI is InChI=1S/C35H47F3N4O6/c1-20(43)29-23(18-35(36,37)38)28-19-42(29)32(44)30(34(2,3)4)41-33(45)48-27-14-10-12-21(27)11-8-6-7-9-13-25-31(47-28)40-26-17-22(46-5)15-16-24(26)39-25/h15-17,21,23,27-30H,6-14,18-19H2,1-5H3,(H,41,45)/t21-,23-,27-,28+,29-,30-/m1/s1. The van der Waals surface area contributed by atoms with Gasteiger partial charge in [-0.3, -0.25) is 9.59 Å². The summed E-state index contributed by atoms with van der Waals surface area (Å²) in [5.74, 6) is -1.88. The molecule has 3 aliphatic rings. The number of nitrogens with one attached hydrogen (secondary N) is 1. The summed E-state index contributed by atoms with van der Waals surface area (Å²) in [6.45, 7) is 6.10. The van der Waals surface area contributed by atoms with Crippen LogP contribution in [-0.4, -0.2) is 76.8 Å². The minimum Gasteiger partial charge on any atom is -0.497 e. The number of carbonyl (C=O) groups is 3. The first-order valence-corrected chi connectivity index (χ1v) is 17.0. The van der Waals surface area contributed by atoms with Gasteiger partial charge in [0.1, 0.15) is 29.7 Å². The number of halogens is 3. The Morgan fingerprint density at radius 2 is 1.71 bits per heavy atom. The Balaban J connectivity index is 1.57. The van der Waals surface area contributed by atoms with E-state index in [9.17, 15) is 27.6 Å². The number of ether oxygens (including phenoxy) is 3. The summed E-state index contributed by atoms with van der Waals surface area (Å²) in [7, 11) is 1.52. The molecule has 0 unspecified atom stereocenters. The summed E-state index contributed by atoms with van der Waals surface area (Å²) < 4.78 is 59.9. The number of methoxy groups -OCH3 is 1. The van der Waals surface area contributed by atoms with Gasteiger partial charge in [0.25, 0.3) is 0 Å². The van der Waals surface area contributed by atoms with E-state index in [1.54, 1.807) is 39.0 Å². The second-order valence-corrected chi connectivity index (χ2v) is 14.5. The lowest BCUT2D eigenvalue weighted by molar-refractivity contribution is -0.155. The Morgan fingerprint density at radius 1 is 0.979 bits per heavy atom. The molecule has 2 aliphatic heterocycles. The number of hydrogen-bond acceptors (Lipinski definition) is 8. The molecule has 0 radical (unpaired) electrons. The predicted molar refractivity (Wildman–Crippen MR) is 172 cm³/mol. The number of hydrogen-bond donors (Lipinski definition) is 1. The lowest BCUT2D eigenvalue weighted by Crippen LogP contribution is -2.57. The zero-order valence-corrected chi connectivity index (χ0v) is 28.4. The Hall–Kier alpha value is -3.64. The Kier molecular flexibility index (Phi) is 10.7. The molecule has 2 fully saturated rings. The van der Waals surface area contributed by atoms with Crippen LogP contribution in [0.3, 0.4) is 0 Å². The molecule has 1 aromatic carbocycles. The minimum absolute atomic E-state index is 0.0744. The number of fused-ring (bicyclic) bond motifs is 5. The van der Waals surface area contributed by atoms with Crippen LogP contribution in [0.2, 0.25) is 0 Å². The fourth-order valence-electron chi connectivity index (χ4n) is 7.49. The molecule has 2 amide bonds. The Bertz CT molecular complexity index is 1500. The maximum Gasteiger partial charge on any atom is 0.408 e. The summed E-state index contributed by atoms with van der Waals surface area (Å²) >= 11 is 0. The van der Waals surface area contributed by atoms with Gasteiger partial charge in [-0.25, -0.2) is 14.8 Å². The second-order valence-electron chi connectivity index (χ2n) is 14.5. The normalized spacial score (nSPS) is 27.9. The van der Waals surface area contributed by atoms with Crippen molar-refractivity contribution in [2.75, 3.05) is 13.7 Å². The zero-order valence-electron chi connectivity index (χ0n) is 28.4. The van der Waals surface area contributed by atoms with E-state index in [1.807, 2.05) is 0 Å². The molecule has 1 saturated carbocycles. The molecule has 13 heteroatoms. The molecule has 5 rings (SSSR count). The average molecular weight is 677 g/mol. The highest BCUT2D eigenvalue weighted by molar-refractivity contribution is 5.92. The molecule has 1 N–H and O–H groups in total. The van der Waals surface area contributed by atoms with Gasteiger partial charge in [0.2, 0.25) is 11.8 Å². The number of nitrogens with zero attached hydrogens (tertiary/aromatic N) is 3. The highest BCUT2D eigenvalue weighted by atomic mass is 19.4. The molecule has 3 heterocycles. The van der Waals surface area contributed by atoms with Crippen LogP contribution in [0.25, 0.3) is 11.0 Å². The first-order valence-electron chi connectivity index (χ1n) is 17.0. The summed E-state index contributed by atoms with van der Waals surface area (Å²) in [6.07, 6.45) is -0.661. The van der Waals surface area contributed by atoms with Crippen molar-refractivity contribution < 1.29 is 41.8 Å². The third-order valence-corrected chi connectivity index (χ3v) is 9.89. The monoisotopic (exact) mass is 676 g/mol. The summed E-state index contributed by atoms with van der Waals surface area (Å²) in [5, 5.41) is 2.72. The van der Waals surface area contributed by atoms with Crippen molar-refractivity contribution in [2.45, 2.75) is 122 Å². The largest absolute Gasteiger partial charge is 0.497 e. The van der Waals surface area contributed by atoms with Crippen LogP contribution in [0.1, 0.15) is 91.2 Å². The average Bonchev–Trinajstić information content (AvgIpc) is 3.59. The highest BCUT2D eigenvalue weighted by Crippen LogP contribution is 2.40. The number of alkyl carbamates (subject to hydrolysis) is 1. The van der Waals surface area contributed by atoms with Crippen LogP contribution in [0.15, 0.2) is 18.2 Å². The quantitative estimate of drug-likeness (QED) is 0.388. The predicted octanol–water partition coefficient (Wildman–Crippen LogP) is 6.57. The van der Waals surface area contributed by atoms with Crippen LogP contribution in [-0.2, 0) is 20.7 Å². The number of aromatic nitrogens is 2. The van der Waals surface area contributed by atoms with Gasteiger partial charge in [0.05, 0.1) is 37.2 Å². The third-order valence-electron chi connectivity index (χ3n) is 9.89. The molecular formula is C35H47F3N4O6. The smallest absolute Gasteiger partial charge is 0.408 e. The molecule has 10 nitrogen and oxygen atoms in total. The molecule has 2 bridgehead atoms. The number of Topliss-reactive ketones (excluding diaryl/α,β-unsaturated/α-hetero) is 1. The number of aryl methyl sites for hydroxylation is 1. The highest BCUT2D eigenvalue weighted by Gasteiger charge is 2.54. The number of rotatable bonds is 3. The van der Waals surface area contributed by atoms with Gasteiger partial charge in [-0.15, -0.1) is 0 Å². The van der Waals surface area contributed by atoms with Crippen molar-refractivity contribution >= 4 is 28.8 Å². The van der Waals surface area contributed by atoms with E-state index in [-0.39, 0.29) is 24.4 Å². The van der Waals surface area contributed by atoms with Crippen molar-refractivity contribution in [3.05, 3.63) is 23.9 Å². The van der Waals surface area contributed by atoms with Crippen molar-refractivity contribution in [3.63, 3.8) is 0 Å². The number of carbonyl (C=O) groups excluding carboxylic acids is 3. The molecule has 264 valence electrons. The van der Waals surface area contributed by atoms with Crippen LogP contribution in [0, 0.1) is 17.3 Å². The summed E-state index contributed by atoms with van der Waals surface area (Å²) in [5.41, 5.74) is 0.670. The molecular weight excluding hydrogens is 629 g/mol. The van der Waals surface area contributed by atoms with Gasteiger partial charge in [-0.05, 0) is 68.9 Å². The maximum absolute atomic E-state index is 14.3. The van der Waals surface area contributed by atoms with E-state index in [4.69, 9.17) is 24.2 Å². The van der Waals surface area contributed by atoms with Crippen molar-refractivity contribution in [3.8, 4) is 11.6 Å². The molecule has 48 heavy (non-hydrogen) atoms. The third kappa shape index (κ3) is 8.31. The van der Waals surface area contributed by atoms with Crippen molar-refractivity contribution in [1.82, 2.24) is 20.2 Å². The number of amides is 2. The van der Waals surface area contributed by atoms with E-state index in [0.717, 1.165) is 56.3 Å². The van der Waals surface area contributed by atoms with E-state index in [1.165, 1.54) is 14.0 Å². The molecule has 1 saturated heterocycles. The first-order chi connectivity index (χ1) is 22.6. The SMILES string of the molecule is COc1ccc2nc3c(nc2c1)O[C@H]1CN(C(=O)[C@H](C(C)(C)C)NC(=O)O[C@@H]2CCC[C@H]2CCCCCC3)[C@H](C(C)=O)[C@@H]1CC(F)(F)F. The maximum atomic E-state index is 14.3. The first kappa shape index (κ1) is 35.7. The second kappa shape index (κ2) is 14.5. The molecule has 1 aliphatic carbocycles. The number of alkyl halides is 3. The molecule has 0 spiro atoms. The molecule has 1 aromatic heterocycles. The Labute approximate surface area is 279 Å². The van der Waals surface area contributed by atoms with Crippen molar-refractivity contribution in [2.24, 2.45) is 17.3 Å². The van der Waals surface area contributed by atoms with Crippen LogP contribution in [0.5, 0.6) is 11.6 Å². The van der Waals surface area contributed by atoms with E-state index < -0.39 is 59.9 Å². The zero-order chi connectivity index (χ0) is 34.8. The topological polar surface area (TPSA) is 120 Å². The van der Waals surface area contributed by atoms with Gasteiger partial charge in [-0.2, -0.15) is 13.2 Å². The van der Waals surface area contributed by atoms with Gasteiger partial charge < -0.3 is 24.4 Å². The van der Waals surface area contributed by atoms with E-state index in [0.29, 0.717) is 28.9 Å². The number of ketones is 1. The summed E-state index contributed by atoms with van der Waals surface area (Å²) in [4.78, 5) is 51.3. The van der Waals surface area contributed by atoms with Crippen LogP contribution >= 0.6 is 0 Å². The lowest BCUT2D eigenvalue weighted by Gasteiger charge is -2.36. The van der Waals surface area contributed by atoms with E-state index in [2.05, 4.69) is 5.32 Å². The Morgan fingerprint density at radius 3 is 2.40 bits per heavy atom. The van der Waals surface area contributed by atoms with E-state index >= 15 is 0 Å². The van der Waals surface area contributed by atoms with Crippen LogP contribution < -0.4 is 14.8 Å². The summed E-state index contributed by atoms with van der Waals surface area (Å²) in [6, 6.07) is 2.59. The van der Waals surface area contributed by atoms with Gasteiger partial charge in [0.15, 0.2) is 5.78 Å². The molecule has 6 atom stereocenters. The fraction of sp³-hybridized carbons (Fsp3) is 0.686. The number of benzene rings is 1. The minimum atomic E-state index is -4.65.